The smallest absolute Gasteiger partial charge is 0.173 e. The zero-order valence-corrected chi connectivity index (χ0v) is 9.50. The van der Waals surface area contributed by atoms with Gasteiger partial charge in [-0.3, -0.25) is 4.79 Å². The van der Waals surface area contributed by atoms with Crippen molar-refractivity contribution in [2.24, 2.45) is 0 Å². The third-order valence-corrected chi connectivity index (χ3v) is 2.91. The summed E-state index contributed by atoms with van der Waals surface area (Å²) in [6, 6.07) is 6.14. The van der Waals surface area contributed by atoms with Gasteiger partial charge in [0.15, 0.2) is 5.78 Å². The van der Waals surface area contributed by atoms with E-state index in [1.807, 2.05) is 12.1 Å². The molecule has 0 fully saturated rings. The second kappa shape index (κ2) is 3.94. The number of allylic oxidation sites excluding steroid dienone is 1. The average Bonchev–Trinajstić information content (AvgIpc) is 2.62. The normalized spacial score (nSPS) is 12.9. The number of benzene rings is 1. The molecule has 1 aromatic carbocycles. The van der Waals surface area contributed by atoms with E-state index in [9.17, 15) is 4.79 Å². The first-order chi connectivity index (χ1) is 7.61. The van der Waals surface area contributed by atoms with Gasteiger partial charge in [-0.25, -0.2) is 0 Å². The number of carbonyl (C=O) groups is 1. The van der Waals surface area contributed by atoms with E-state index in [-0.39, 0.29) is 12.2 Å². The molecular formula is C14H13NO. The first-order valence-electron chi connectivity index (χ1n) is 5.32. The quantitative estimate of drug-likeness (QED) is 0.754. The standard InChI is InChI=1S/C14H13NO/c1-9-5-10(2)13-8-12(7-11(13)6-9)14(16)3-4-15/h5-6,8H,3,7H2,1-2H3. The van der Waals surface area contributed by atoms with Crippen molar-refractivity contribution in [1.29, 1.82) is 5.26 Å². The Morgan fingerprint density at radius 3 is 2.88 bits per heavy atom. The molecule has 1 aromatic rings. The third-order valence-electron chi connectivity index (χ3n) is 2.91. The maximum Gasteiger partial charge on any atom is 0.173 e. The van der Waals surface area contributed by atoms with Gasteiger partial charge >= 0.3 is 0 Å². The highest BCUT2D eigenvalue weighted by molar-refractivity contribution is 6.03. The molecule has 1 aliphatic carbocycles. The van der Waals surface area contributed by atoms with E-state index in [0.29, 0.717) is 6.42 Å². The largest absolute Gasteiger partial charge is 0.293 e. The second-order valence-corrected chi connectivity index (χ2v) is 4.26. The lowest BCUT2D eigenvalue weighted by Gasteiger charge is -2.04. The lowest BCUT2D eigenvalue weighted by molar-refractivity contribution is -0.114. The van der Waals surface area contributed by atoms with Gasteiger partial charge in [-0.2, -0.15) is 5.26 Å². The number of rotatable bonds is 2. The third kappa shape index (κ3) is 1.77. The number of aryl methyl sites for hydroxylation is 2. The van der Waals surface area contributed by atoms with Crippen LogP contribution < -0.4 is 0 Å². The Balaban J connectivity index is 2.36. The molecule has 0 amide bonds. The fraction of sp³-hybridized carbons (Fsp3) is 0.286. The minimum absolute atomic E-state index is 0.0160. The molecule has 0 spiro atoms. The van der Waals surface area contributed by atoms with E-state index in [2.05, 4.69) is 26.0 Å². The summed E-state index contributed by atoms with van der Waals surface area (Å²) in [6.45, 7) is 4.11. The number of nitrogens with zero attached hydrogens (tertiary/aromatic N) is 1. The molecule has 2 rings (SSSR count). The van der Waals surface area contributed by atoms with E-state index in [0.717, 1.165) is 11.1 Å². The Morgan fingerprint density at radius 2 is 2.19 bits per heavy atom. The molecule has 0 bridgehead atoms. The van der Waals surface area contributed by atoms with E-state index in [4.69, 9.17) is 5.26 Å². The average molecular weight is 211 g/mol. The summed E-state index contributed by atoms with van der Waals surface area (Å²) in [5.41, 5.74) is 5.56. The highest BCUT2D eigenvalue weighted by atomic mass is 16.1. The summed E-state index contributed by atoms with van der Waals surface area (Å²) >= 11 is 0. The zero-order chi connectivity index (χ0) is 11.7. The van der Waals surface area contributed by atoms with Crippen molar-refractivity contribution in [3.05, 3.63) is 40.0 Å². The molecule has 0 unspecified atom stereocenters. The van der Waals surface area contributed by atoms with Crippen LogP contribution in [0.15, 0.2) is 17.7 Å². The molecule has 0 saturated carbocycles. The fourth-order valence-corrected chi connectivity index (χ4v) is 2.21. The summed E-state index contributed by atoms with van der Waals surface area (Å²) in [5, 5.41) is 8.51. The van der Waals surface area contributed by atoms with Gasteiger partial charge < -0.3 is 0 Å². The number of Topliss-reactive ketones (excluding diaryl/α,β-unsaturated/α-hetero) is 1. The molecule has 0 atom stereocenters. The monoisotopic (exact) mass is 211 g/mol. The van der Waals surface area contributed by atoms with Crippen molar-refractivity contribution in [2.45, 2.75) is 26.7 Å². The summed E-state index contributed by atoms with van der Waals surface area (Å²) in [6.07, 6.45) is 2.60. The molecule has 0 N–H and O–H groups in total. The molecular weight excluding hydrogens is 198 g/mol. The molecule has 0 aromatic heterocycles. The molecule has 2 heteroatoms. The molecule has 0 aliphatic heterocycles. The van der Waals surface area contributed by atoms with Crippen molar-refractivity contribution in [3.8, 4) is 6.07 Å². The van der Waals surface area contributed by atoms with Crippen molar-refractivity contribution in [2.75, 3.05) is 0 Å². The highest BCUT2D eigenvalue weighted by Gasteiger charge is 2.19. The van der Waals surface area contributed by atoms with Gasteiger partial charge in [-0.1, -0.05) is 17.7 Å². The van der Waals surface area contributed by atoms with Gasteiger partial charge in [0.05, 0.1) is 12.5 Å². The summed E-state index contributed by atoms with van der Waals surface area (Å²) < 4.78 is 0. The number of hydrogen-bond acceptors (Lipinski definition) is 2. The zero-order valence-electron chi connectivity index (χ0n) is 9.50. The van der Waals surface area contributed by atoms with Crippen LogP contribution in [0.2, 0.25) is 0 Å². The van der Waals surface area contributed by atoms with Gasteiger partial charge in [0, 0.05) is 12.0 Å². The Hall–Kier alpha value is -1.88. The first-order valence-corrected chi connectivity index (χ1v) is 5.32. The van der Waals surface area contributed by atoms with Gasteiger partial charge in [-0.15, -0.1) is 0 Å². The lowest BCUT2D eigenvalue weighted by atomic mass is 10.0. The number of ketones is 1. The molecule has 1 aliphatic rings. The summed E-state index contributed by atoms with van der Waals surface area (Å²) in [7, 11) is 0. The highest BCUT2D eigenvalue weighted by Crippen LogP contribution is 2.29. The van der Waals surface area contributed by atoms with Gasteiger partial charge in [0.1, 0.15) is 0 Å². The van der Waals surface area contributed by atoms with Crippen LogP contribution in [0.3, 0.4) is 0 Å². The van der Waals surface area contributed by atoms with Gasteiger partial charge in [0.25, 0.3) is 0 Å². The number of fused-ring (bicyclic) bond motifs is 1. The van der Waals surface area contributed by atoms with Crippen LogP contribution >= 0.6 is 0 Å². The molecule has 0 saturated heterocycles. The van der Waals surface area contributed by atoms with Crippen LogP contribution in [0, 0.1) is 25.2 Å². The Kier molecular flexibility index (Phi) is 2.62. The van der Waals surface area contributed by atoms with Crippen molar-refractivity contribution in [3.63, 3.8) is 0 Å². The minimum Gasteiger partial charge on any atom is -0.293 e. The number of hydrogen-bond donors (Lipinski definition) is 0. The molecule has 16 heavy (non-hydrogen) atoms. The molecule has 0 heterocycles. The van der Waals surface area contributed by atoms with Crippen molar-refractivity contribution >= 4 is 11.9 Å². The Labute approximate surface area is 95.2 Å². The van der Waals surface area contributed by atoms with Crippen LogP contribution in [0.1, 0.15) is 28.7 Å². The van der Waals surface area contributed by atoms with Crippen LogP contribution in [0.25, 0.3) is 6.08 Å². The first kappa shape index (κ1) is 10.6. The SMILES string of the molecule is Cc1cc(C)c2c(c1)CC(C(=O)CC#N)=C2. The topological polar surface area (TPSA) is 40.9 Å². The fourth-order valence-electron chi connectivity index (χ4n) is 2.21. The predicted octanol–water partition coefficient (Wildman–Crippen LogP) is 2.73. The van der Waals surface area contributed by atoms with Crippen LogP contribution in [-0.2, 0) is 11.2 Å². The minimum atomic E-state index is -0.0456. The van der Waals surface area contributed by atoms with Gasteiger partial charge in [0.2, 0.25) is 0 Å². The molecule has 80 valence electrons. The Morgan fingerprint density at radius 1 is 1.44 bits per heavy atom. The van der Waals surface area contributed by atoms with Crippen LogP contribution in [0.5, 0.6) is 0 Å². The summed E-state index contributed by atoms with van der Waals surface area (Å²) in [5.74, 6) is -0.0456. The molecule has 2 nitrogen and oxygen atoms in total. The van der Waals surface area contributed by atoms with E-state index in [1.54, 1.807) is 0 Å². The predicted molar refractivity (Wildman–Crippen MR) is 62.8 cm³/mol. The van der Waals surface area contributed by atoms with Crippen molar-refractivity contribution < 1.29 is 4.79 Å². The number of nitriles is 1. The van der Waals surface area contributed by atoms with Crippen LogP contribution in [-0.4, -0.2) is 5.78 Å². The second-order valence-electron chi connectivity index (χ2n) is 4.26. The maximum absolute atomic E-state index is 11.6. The lowest BCUT2D eigenvalue weighted by Crippen LogP contribution is -2.00. The Bertz CT molecular complexity index is 532. The van der Waals surface area contributed by atoms with Crippen LogP contribution in [0.4, 0.5) is 0 Å². The van der Waals surface area contributed by atoms with E-state index in [1.165, 1.54) is 16.7 Å². The number of carbonyl (C=O) groups excluding carboxylic acids is 1. The molecule has 0 radical (unpaired) electrons. The maximum atomic E-state index is 11.6. The summed E-state index contributed by atoms with van der Waals surface area (Å²) in [4.78, 5) is 11.6. The van der Waals surface area contributed by atoms with Crippen molar-refractivity contribution in [1.82, 2.24) is 0 Å². The van der Waals surface area contributed by atoms with E-state index < -0.39 is 0 Å². The van der Waals surface area contributed by atoms with Gasteiger partial charge in [-0.05, 0) is 36.6 Å². The van der Waals surface area contributed by atoms with E-state index >= 15 is 0 Å².